The summed E-state index contributed by atoms with van der Waals surface area (Å²) in [5, 5.41) is 11.4. The minimum absolute atomic E-state index is 0.0659. The van der Waals surface area contributed by atoms with Crippen LogP contribution in [-0.2, 0) is 6.18 Å². The molecule has 0 radical (unpaired) electrons. The molecule has 0 saturated heterocycles. The highest BCUT2D eigenvalue weighted by Gasteiger charge is 2.33. The highest BCUT2D eigenvalue weighted by molar-refractivity contribution is 7.15. The Morgan fingerprint density at radius 2 is 1.84 bits per heavy atom. The standard InChI is InChI=1S/C25H16F3N3O5S/c1-2-35-21-11-14(12-22-23(32)30-17-6-4-3-5-16(17)29-24(30)37-22)7-9-20(21)36-19-10-8-15(25(26,27)28)13-18(19)31(33)34/h3-13H,2H2,1H3/b22-12-. The van der Waals surface area contributed by atoms with E-state index in [9.17, 15) is 28.1 Å². The number of nitro benzene ring substituents is 1. The maximum absolute atomic E-state index is 13.0. The molecule has 0 bridgehead atoms. The third-order valence-electron chi connectivity index (χ3n) is 5.41. The van der Waals surface area contributed by atoms with E-state index in [-0.39, 0.29) is 29.4 Å². The van der Waals surface area contributed by atoms with Crippen molar-refractivity contribution in [2.75, 3.05) is 6.61 Å². The lowest BCUT2D eigenvalue weighted by molar-refractivity contribution is -0.385. The van der Waals surface area contributed by atoms with Crippen molar-refractivity contribution in [1.82, 2.24) is 9.38 Å². The van der Waals surface area contributed by atoms with Crippen molar-refractivity contribution in [1.29, 1.82) is 0 Å². The van der Waals surface area contributed by atoms with Crippen molar-refractivity contribution in [3.8, 4) is 17.2 Å². The van der Waals surface area contributed by atoms with E-state index in [1.807, 2.05) is 24.3 Å². The van der Waals surface area contributed by atoms with Crippen LogP contribution in [-0.4, -0.2) is 20.9 Å². The number of halogens is 3. The predicted octanol–water partition coefficient (Wildman–Crippen LogP) is 5.57. The van der Waals surface area contributed by atoms with E-state index in [0.717, 1.165) is 11.6 Å². The van der Waals surface area contributed by atoms with Crippen LogP contribution in [0.4, 0.5) is 18.9 Å². The summed E-state index contributed by atoms with van der Waals surface area (Å²) in [4.78, 5) is 28.5. The number of aromatic nitrogens is 2. The second-order valence-electron chi connectivity index (χ2n) is 7.81. The van der Waals surface area contributed by atoms with Gasteiger partial charge in [-0.05, 0) is 55.0 Å². The first-order chi connectivity index (χ1) is 17.7. The molecule has 12 heteroatoms. The summed E-state index contributed by atoms with van der Waals surface area (Å²) in [6.07, 6.45) is -3.09. The van der Waals surface area contributed by atoms with Gasteiger partial charge in [0, 0.05) is 6.07 Å². The Morgan fingerprint density at radius 1 is 1.08 bits per heavy atom. The van der Waals surface area contributed by atoms with Gasteiger partial charge in [0.25, 0.3) is 5.56 Å². The SMILES string of the molecule is CCOc1cc(/C=c2\sc3nc4ccccc4n3c2=O)ccc1Oc1ccc(C(F)(F)F)cc1[N+](=O)[O-]. The number of hydrogen-bond acceptors (Lipinski definition) is 7. The fraction of sp³-hybridized carbons (Fsp3) is 0.120. The molecule has 0 saturated carbocycles. The van der Waals surface area contributed by atoms with Crippen LogP contribution in [0.1, 0.15) is 18.1 Å². The number of benzene rings is 3. The molecular formula is C25H16F3N3O5S. The van der Waals surface area contributed by atoms with E-state index in [1.54, 1.807) is 25.1 Å². The van der Waals surface area contributed by atoms with Gasteiger partial charge in [-0.2, -0.15) is 13.2 Å². The van der Waals surface area contributed by atoms with E-state index in [4.69, 9.17) is 9.47 Å². The van der Waals surface area contributed by atoms with Crippen molar-refractivity contribution in [3.05, 3.63) is 96.8 Å². The Hall–Kier alpha value is -4.45. The first kappa shape index (κ1) is 24.3. The summed E-state index contributed by atoms with van der Waals surface area (Å²) in [6, 6.07) is 14.0. The third-order valence-corrected chi connectivity index (χ3v) is 6.38. The zero-order valence-corrected chi connectivity index (χ0v) is 19.8. The van der Waals surface area contributed by atoms with Gasteiger partial charge in [-0.3, -0.25) is 14.9 Å². The fourth-order valence-corrected chi connectivity index (χ4v) is 4.76. The van der Waals surface area contributed by atoms with Gasteiger partial charge in [0.15, 0.2) is 16.5 Å². The van der Waals surface area contributed by atoms with Crippen LogP contribution in [0.2, 0.25) is 0 Å². The molecule has 2 aromatic heterocycles. The Bertz CT molecular complexity index is 1780. The minimum Gasteiger partial charge on any atom is -0.490 e. The van der Waals surface area contributed by atoms with Gasteiger partial charge in [0.2, 0.25) is 5.75 Å². The predicted molar refractivity (Wildman–Crippen MR) is 131 cm³/mol. The molecule has 188 valence electrons. The molecule has 8 nitrogen and oxygen atoms in total. The molecule has 0 aliphatic heterocycles. The second-order valence-corrected chi connectivity index (χ2v) is 8.82. The number of imidazole rings is 1. The van der Waals surface area contributed by atoms with Crippen molar-refractivity contribution in [2.24, 2.45) is 0 Å². The normalized spacial score (nSPS) is 12.4. The lowest BCUT2D eigenvalue weighted by atomic mass is 10.1. The van der Waals surface area contributed by atoms with Crippen LogP contribution in [0, 0.1) is 10.1 Å². The Morgan fingerprint density at radius 3 is 2.57 bits per heavy atom. The molecule has 0 aliphatic rings. The van der Waals surface area contributed by atoms with E-state index in [2.05, 4.69) is 4.98 Å². The molecule has 5 rings (SSSR count). The number of nitro groups is 1. The lowest BCUT2D eigenvalue weighted by Gasteiger charge is -2.13. The monoisotopic (exact) mass is 527 g/mol. The molecule has 0 fully saturated rings. The number of alkyl halides is 3. The summed E-state index contributed by atoms with van der Waals surface area (Å²) < 4.78 is 52.2. The Kier molecular flexibility index (Phi) is 6.04. The van der Waals surface area contributed by atoms with Crippen molar-refractivity contribution < 1.29 is 27.6 Å². The zero-order valence-electron chi connectivity index (χ0n) is 19.0. The summed E-state index contributed by atoms with van der Waals surface area (Å²) in [7, 11) is 0. The fourth-order valence-electron chi connectivity index (χ4n) is 3.77. The Labute approximate surface area is 210 Å². The third kappa shape index (κ3) is 4.58. The number of ether oxygens (including phenoxy) is 2. The van der Waals surface area contributed by atoms with Crippen LogP contribution < -0.4 is 19.6 Å². The van der Waals surface area contributed by atoms with Crippen molar-refractivity contribution in [2.45, 2.75) is 13.1 Å². The molecule has 3 aromatic carbocycles. The average Bonchev–Trinajstić information content (AvgIpc) is 3.36. The smallest absolute Gasteiger partial charge is 0.416 e. The molecular weight excluding hydrogens is 511 g/mol. The van der Waals surface area contributed by atoms with Crippen LogP contribution in [0.5, 0.6) is 17.2 Å². The average molecular weight is 527 g/mol. The van der Waals surface area contributed by atoms with E-state index in [1.165, 1.54) is 21.8 Å². The minimum atomic E-state index is -4.74. The highest BCUT2D eigenvalue weighted by atomic mass is 32.1. The van der Waals surface area contributed by atoms with Crippen LogP contribution in [0.15, 0.2) is 65.5 Å². The van der Waals surface area contributed by atoms with Crippen molar-refractivity contribution >= 4 is 39.1 Å². The number of thiazole rings is 1. The molecule has 0 unspecified atom stereocenters. The molecule has 5 aromatic rings. The van der Waals surface area contributed by atoms with Crippen LogP contribution in [0.25, 0.3) is 22.1 Å². The maximum Gasteiger partial charge on any atom is 0.416 e. The molecule has 0 atom stereocenters. The van der Waals surface area contributed by atoms with Crippen molar-refractivity contribution in [3.63, 3.8) is 0 Å². The van der Waals surface area contributed by atoms with E-state index >= 15 is 0 Å². The molecule has 0 aliphatic carbocycles. The molecule has 0 amide bonds. The molecule has 2 heterocycles. The number of fused-ring (bicyclic) bond motifs is 3. The van der Waals surface area contributed by atoms with E-state index < -0.39 is 22.4 Å². The molecule has 0 N–H and O–H groups in total. The molecule has 37 heavy (non-hydrogen) atoms. The summed E-state index contributed by atoms with van der Waals surface area (Å²) in [5.41, 5.74) is -0.218. The number of hydrogen-bond donors (Lipinski definition) is 0. The van der Waals surface area contributed by atoms with Gasteiger partial charge >= 0.3 is 11.9 Å². The first-order valence-electron chi connectivity index (χ1n) is 10.9. The summed E-state index contributed by atoms with van der Waals surface area (Å²) >= 11 is 1.22. The van der Waals surface area contributed by atoms with Gasteiger partial charge in [0.1, 0.15) is 0 Å². The highest BCUT2D eigenvalue weighted by Crippen LogP contribution is 2.40. The largest absolute Gasteiger partial charge is 0.490 e. The number of rotatable bonds is 6. The van der Waals surface area contributed by atoms with Crippen LogP contribution >= 0.6 is 11.3 Å². The van der Waals surface area contributed by atoms with Crippen LogP contribution in [0.3, 0.4) is 0 Å². The second kappa shape index (κ2) is 9.21. The van der Waals surface area contributed by atoms with Gasteiger partial charge in [-0.25, -0.2) is 9.38 Å². The zero-order chi connectivity index (χ0) is 26.3. The quantitative estimate of drug-likeness (QED) is 0.212. The summed E-state index contributed by atoms with van der Waals surface area (Å²) in [6.45, 7) is 1.94. The Balaban J connectivity index is 1.54. The van der Waals surface area contributed by atoms with Gasteiger partial charge < -0.3 is 9.47 Å². The topological polar surface area (TPSA) is 96.0 Å². The number of nitrogens with zero attached hydrogens (tertiary/aromatic N) is 3. The van der Waals surface area contributed by atoms with Gasteiger partial charge in [-0.15, -0.1) is 0 Å². The maximum atomic E-state index is 13.0. The summed E-state index contributed by atoms with van der Waals surface area (Å²) in [5.74, 6) is -0.107. The number of para-hydroxylation sites is 2. The van der Waals surface area contributed by atoms with Gasteiger partial charge in [0.05, 0.1) is 32.7 Å². The van der Waals surface area contributed by atoms with E-state index in [0.29, 0.717) is 32.7 Å². The van der Waals surface area contributed by atoms with Gasteiger partial charge in [-0.1, -0.05) is 29.5 Å². The first-order valence-corrected chi connectivity index (χ1v) is 11.7. The molecule has 0 spiro atoms. The lowest BCUT2D eigenvalue weighted by Crippen LogP contribution is -2.22.